The van der Waals surface area contributed by atoms with E-state index in [1.165, 1.54) is 0 Å². The second-order valence-corrected chi connectivity index (χ2v) is 8.23. The van der Waals surface area contributed by atoms with E-state index in [-0.39, 0.29) is 5.04 Å². The number of thioether (sulfide) groups is 1. The minimum atomic E-state index is -4.87. The van der Waals surface area contributed by atoms with Crippen molar-refractivity contribution in [2.75, 3.05) is 6.61 Å². The van der Waals surface area contributed by atoms with E-state index in [1.807, 2.05) is 0 Å². The van der Waals surface area contributed by atoms with Crippen LogP contribution in [0.1, 0.15) is 5.56 Å². The highest BCUT2D eigenvalue weighted by molar-refractivity contribution is 9.10. The minimum Gasteiger partial charge on any atom is -0.394 e. The molecule has 0 bridgehead atoms. The normalized spacial score (nSPS) is 30.2. The summed E-state index contributed by atoms with van der Waals surface area (Å²) >= 11 is 3.92. The zero-order chi connectivity index (χ0) is 19.5. The van der Waals surface area contributed by atoms with E-state index in [4.69, 9.17) is 9.29 Å². The maximum absolute atomic E-state index is 10.8. The monoisotopic (exact) mass is 473 g/mol. The number of rotatable bonds is 5. The number of halogens is 1. The molecule has 0 amide bonds. The van der Waals surface area contributed by atoms with Gasteiger partial charge in [0, 0.05) is 10.0 Å². The molecule has 1 saturated heterocycles. The van der Waals surface area contributed by atoms with Crippen molar-refractivity contribution in [1.82, 2.24) is 0 Å². The van der Waals surface area contributed by atoms with Gasteiger partial charge in [-0.05, 0) is 12.1 Å². The van der Waals surface area contributed by atoms with Crippen molar-refractivity contribution < 1.29 is 42.4 Å². The SMILES string of the molecule is O=S(=O)(O)O/N=C(\S[C@@H]1O[C@H](CO)[C@@H](O)[C@H](O)[C@H]1O)c1ccc(Br)cc1. The van der Waals surface area contributed by atoms with Gasteiger partial charge in [-0.1, -0.05) is 45.0 Å². The standard InChI is InChI=1S/C13H16BrNO9S2/c14-7-3-1-6(2-4-7)12(15-24-26(20,21)22)25-13-11(19)10(18)9(17)8(5-16)23-13/h1-4,8-11,13,16-19H,5H2,(H,20,21,22)/b15-12-/t8-,9-,10+,11-,13+/m1/s1. The Balaban J connectivity index is 2.29. The molecule has 1 fully saturated rings. The van der Waals surface area contributed by atoms with Crippen LogP contribution in [0.2, 0.25) is 0 Å². The number of aliphatic hydroxyl groups is 4. The van der Waals surface area contributed by atoms with Crippen molar-refractivity contribution in [3.05, 3.63) is 34.3 Å². The van der Waals surface area contributed by atoms with Gasteiger partial charge in [-0.15, -0.1) is 0 Å². The minimum absolute atomic E-state index is 0.0977. The smallest absolute Gasteiger partial charge is 0.394 e. The van der Waals surface area contributed by atoms with Crippen LogP contribution in [0.4, 0.5) is 0 Å². The number of hydrogen-bond donors (Lipinski definition) is 5. The van der Waals surface area contributed by atoms with Gasteiger partial charge in [0.05, 0.1) is 6.61 Å². The quantitative estimate of drug-likeness (QED) is 0.162. The lowest BCUT2D eigenvalue weighted by molar-refractivity contribution is -0.205. The lowest BCUT2D eigenvalue weighted by atomic mass is 10.0. The van der Waals surface area contributed by atoms with Crippen LogP contribution in [-0.2, 0) is 19.4 Å². The fraction of sp³-hybridized carbons (Fsp3) is 0.462. The van der Waals surface area contributed by atoms with E-state index in [0.717, 1.165) is 4.47 Å². The third-order valence-corrected chi connectivity index (χ3v) is 5.33. The number of ether oxygens (including phenoxy) is 1. The van der Waals surface area contributed by atoms with Crippen molar-refractivity contribution in [1.29, 1.82) is 0 Å². The van der Waals surface area contributed by atoms with Crippen LogP contribution in [0.25, 0.3) is 0 Å². The van der Waals surface area contributed by atoms with Crippen LogP contribution in [0.5, 0.6) is 0 Å². The molecule has 0 aliphatic carbocycles. The summed E-state index contributed by atoms with van der Waals surface area (Å²) in [6.45, 7) is -0.617. The van der Waals surface area contributed by atoms with Crippen molar-refractivity contribution in [2.24, 2.45) is 5.16 Å². The predicted molar refractivity (Wildman–Crippen MR) is 94.7 cm³/mol. The largest absolute Gasteiger partial charge is 0.466 e. The number of benzene rings is 1. The highest BCUT2D eigenvalue weighted by Gasteiger charge is 2.44. The van der Waals surface area contributed by atoms with Gasteiger partial charge in [-0.2, -0.15) is 8.42 Å². The highest BCUT2D eigenvalue weighted by atomic mass is 79.9. The van der Waals surface area contributed by atoms with Gasteiger partial charge in [-0.25, -0.2) is 4.28 Å². The van der Waals surface area contributed by atoms with Crippen molar-refractivity contribution in [3.63, 3.8) is 0 Å². The zero-order valence-corrected chi connectivity index (χ0v) is 16.1. The molecule has 1 aromatic carbocycles. The van der Waals surface area contributed by atoms with Crippen LogP contribution in [0.15, 0.2) is 33.9 Å². The molecule has 0 saturated carbocycles. The molecule has 0 spiro atoms. The molecule has 2 rings (SSSR count). The average molecular weight is 474 g/mol. The maximum atomic E-state index is 10.8. The fourth-order valence-corrected chi connectivity index (χ4v) is 3.64. The van der Waals surface area contributed by atoms with Crippen molar-refractivity contribution >= 4 is 43.1 Å². The van der Waals surface area contributed by atoms with Gasteiger partial charge in [0.15, 0.2) is 0 Å². The highest BCUT2D eigenvalue weighted by Crippen LogP contribution is 2.31. The first-order valence-electron chi connectivity index (χ1n) is 7.09. The van der Waals surface area contributed by atoms with Gasteiger partial charge < -0.3 is 25.2 Å². The first-order valence-corrected chi connectivity index (χ1v) is 10.1. The molecule has 146 valence electrons. The molecule has 1 aromatic rings. The van der Waals surface area contributed by atoms with Gasteiger partial charge in [0.25, 0.3) is 0 Å². The van der Waals surface area contributed by atoms with E-state index >= 15 is 0 Å². The molecular formula is C13H16BrNO9S2. The Labute approximate surface area is 161 Å². The van der Waals surface area contributed by atoms with Crippen molar-refractivity contribution in [3.8, 4) is 0 Å². The Hall–Kier alpha value is -0.770. The van der Waals surface area contributed by atoms with Gasteiger partial charge in [0.1, 0.15) is 34.9 Å². The third kappa shape index (κ3) is 5.61. The predicted octanol–water partition coefficient (Wildman–Crippen LogP) is -0.537. The Morgan fingerprint density at radius 3 is 2.35 bits per heavy atom. The first-order chi connectivity index (χ1) is 12.1. The second kappa shape index (κ2) is 8.95. The molecule has 0 unspecified atom stereocenters. The summed E-state index contributed by atoms with van der Waals surface area (Å²) in [6, 6.07) is 6.36. The van der Waals surface area contributed by atoms with Gasteiger partial charge in [-0.3, -0.25) is 4.55 Å². The summed E-state index contributed by atoms with van der Waals surface area (Å²) in [5.74, 6) is 0. The molecular weight excluding hydrogens is 458 g/mol. The van der Waals surface area contributed by atoms with E-state index in [1.54, 1.807) is 24.3 Å². The zero-order valence-electron chi connectivity index (χ0n) is 12.9. The van der Waals surface area contributed by atoms with Gasteiger partial charge >= 0.3 is 10.4 Å². The van der Waals surface area contributed by atoms with E-state index in [2.05, 4.69) is 25.4 Å². The Bertz CT molecular complexity index is 740. The van der Waals surface area contributed by atoms with Crippen LogP contribution in [-0.4, -0.2) is 74.9 Å². The third-order valence-electron chi connectivity index (χ3n) is 3.38. The Morgan fingerprint density at radius 1 is 1.19 bits per heavy atom. The molecule has 5 N–H and O–H groups in total. The van der Waals surface area contributed by atoms with Crippen LogP contribution in [0, 0.1) is 0 Å². The van der Waals surface area contributed by atoms with E-state index < -0.39 is 46.9 Å². The lowest BCUT2D eigenvalue weighted by Gasteiger charge is -2.39. The molecule has 0 aromatic heterocycles. The van der Waals surface area contributed by atoms with E-state index in [0.29, 0.717) is 17.3 Å². The summed E-state index contributed by atoms with van der Waals surface area (Å²) in [5.41, 5.74) is -0.850. The summed E-state index contributed by atoms with van der Waals surface area (Å²) < 4.78 is 40.4. The fourth-order valence-electron chi connectivity index (χ4n) is 2.09. The van der Waals surface area contributed by atoms with Crippen LogP contribution in [0.3, 0.4) is 0 Å². The number of nitrogens with zero attached hydrogens (tertiary/aromatic N) is 1. The topological polar surface area (TPSA) is 166 Å². The van der Waals surface area contributed by atoms with Crippen LogP contribution < -0.4 is 0 Å². The molecule has 10 nitrogen and oxygen atoms in total. The molecule has 26 heavy (non-hydrogen) atoms. The summed E-state index contributed by atoms with van der Waals surface area (Å²) in [7, 11) is -4.87. The molecule has 1 aliphatic rings. The number of aliphatic hydroxyl groups excluding tert-OH is 4. The molecule has 1 aliphatic heterocycles. The van der Waals surface area contributed by atoms with Gasteiger partial charge in [0.2, 0.25) is 0 Å². The molecule has 13 heteroatoms. The number of oxime groups is 1. The first kappa shape index (κ1) is 21.5. The average Bonchev–Trinajstić information content (AvgIpc) is 2.58. The van der Waals surface area contributed by atoms with Crippen molar-refractivity contribution in [2.45, 2.75) is 29.9 Å². The Kier molecular flexibility index (Phi) is 7.41. The maximum Gasteiger partial charge on any atom is 0.466 e. The number of hydrogen-bond acceptors (Lipinski definition) is 10. The Morgan fingerprint density at radius 2 is 1.81 bits per heavy atom. The lowest BCUT2D eigenvalue weighted by Crippen LogP contribution is -2.57. The molecule has 5 atom stereocenters. The summed E-state index contributed by atoms with van der Waals surface area (Å²) in [6.07, 6.45) is -5.84. The van der Waals surface area contributed by atoms with Crippen LogP contribution >= 0.6 is 27.7 Å². The molecule has 0 radical (unpaired) electrons. The molecule has 1 heterocycles. The van der Waals surface area contributed by atoms with E-state index in [9.17, 15) is 28.8 Å². The summed E-state index contributed by atoms with van der Waals surface area (Å²) in [4.78, 5) is 0. The summed E-state index contributed by atoms with van der Waals surface area (Å²) in [5, 5.41) is 42.2. The second-order valence-electron chi connectivity index (χ2n) is 5.22.